The second kappa shape index (κ2) is 11.9. The number of hydrogen-bond acceptors (Lipinski definition) is 5. The molecule has 0 unspecified atom stereocenters. The molecule has 1 saturated heterocycles. The second-order valence-electron chi connectivity index (χ2n) is 9.08. The Morgan fingerprint density at radius 2 is 1.85 bits per heavy atom. The third-order valence-electron chi connectivity index (χ3n) is 6.34. The molecule has 0 spiro atoms. The molecule has 0 bridgehead atoms. The lowest BCUT2D eigenvalue weighted by molar-refractivity contribution is -0.121. The summed E-state index contributed by atoms with van der Waals surface area (Å²) in [7, 11) is -0.473. The lowest BCUT2D eigenvalue weighted by atomic mass is 10.2. The zero-order valence-corrected chi connectivity index (χ0v) is 21.2. The van der Waals surface area contributed by atoms with Gasteiger partial charge in [0, 0.05) is 46.6 Å². The van der Waals surface area contributed by atoms with E-state index in [4.69, 9.17) is 4.98 Å². The van der Waals surface area contributed by atoms with Crippen molar-refractivity contribution in [3.8, 4) is 0 Å². The number of amides is 1. The lowest BCUT2D eigenvalue weighted by Crippen LogP contribution is -2.35. The van der Waals surface area contributed by atoms with Crippen LogP contribution in [-0.4, -0.2) is 73.4 Å². The SMILES string of the molecule is CCCCn1c(CCC(=O)NCCN2CCCCCC2)nc2cc(S(=O)(=O)N(C)C)ccc21. The Morgan fingerprint density at radius 3 is 2.52 bits per heavy atom. The third kappa shape index (κ3) is 6.77. The molecule has 0 aliphatic carbocycles. The van der Waals surface area contributed by atoms with Gasteiger partial charge in [-0.3, -0.25) is 4.79 Å². The molecule has 2 aromatic rings. The van der Waals surface area contributed by atoms with Crippen LogP contribution in [0.4, 0.5) is 0 Å². The molecule has 0 radical (unpaired) electrons. The van der Waals surface area contributed by atoms with Crippen LogP contribution in [0, 0.1) is 0 Å². The van der Waals surface area contributed by atoms with Gasteiger partial charge >= 0.3 is 0 Å². The number of fused-ring (bicyclic) bond motifs is 1. The number of imidazole rings is 1. The van der Waals surface area contributed by atoms with Crippen molar-refractivity contribution >= 4 is 27.0 Å². The molecule has 1 fully saturated rings. The number of carbonyl (C=O) groups is 1. The van der Waals surface area contributed by atoms with Crippen molar-refractivity contribution in [2.45, 2.75) is 69.7 Å². The van der Waals surface area contributed by atoms with Gasteiger partial charge in [0.25, 0.3) is 0 Å². The number of aromatic nitrogens is 2. The Bertz CT molecular complexity index is 1020. The Morgan fingerprint density at radius 1 is 1.12 bits per heavy atom. The molecule has 2 heterocycles. The maximum Gasteiger partial charge on any atom is 0.242 e. The molecule has 1 aliphatic heterocycles. The molecule has 1 N–H and O–H groups in total. The first-order valence-corrected chi connectivity index (χ1v) is 13.7. The molecule has 33 heavy (non-hydrogen) atoms. The number of unbranched alkanes of at least 4 members (excludes halogenated alkanes) is 1. The molecule has 1 amide bonds. The van der Waals surface area contributed by atoms with Crippen LogP contribution in [0.1, 0.15) is 57.7 Å². The fourth-order valence-corrected chi connectivity index (χ4v) is 5.24. The number of sulfonamides is 1. The number of nitrogens with zero attached hydrogens (tertiary/aromatic N) is 4. The van der Waals surface area contributed by atoms with Gasteiger partial charge < -0.3 is 14.8 Å². The van der Waals surface area contributed by atoms with E-state index < -0.39 is 10.0 Å². The molecule has 1 aromatic carbocycles. The summed E-state index contributed by atoms with van der Waals surface area (Å²) < 4.78 is 28.4. The van der Waals surface area contributed by atoms with E-state index in [1.54, 1.807) is 12.1 Å². The van der Waals surface area contributed by atoms with Crippen LogP contribution in [0.5, 0.6) is 0 Å². The van der Waals surface area contributed by atoms with Crippen molar-refractivity contribution in [2.24, 2.45) is 0 Å². The summed E-state index contributed by atoms with van der Waals surface area (Å²) in [6.45, 7) is 6.78. The van der Waals surface area contributed by atoms with Gasteiger partial charge in [-0.1, -0.05) is 26.2 Å². The van der Waals surface area contributed by atoms with E-state index >= 15 is 0 Å². The third-order valence-corrected chi connectivity index (χ3v) is 8.15. The van der Waals surface area contributed by atoms with Crippen LogP contribution in [-0.2, 0) is 27.8 Å². The predicted octanol–water partition coefficient (Wildman–Crippen LogP) is 3.01. The van der Waals surface area contributed by atoms with E-state index in [-0.39, 0.29) is 10.8 Å². The fourth-order valence-electron chi connectivity index (χ4n) is 4.31. The van der Waals surface area contributed by atoms with Crippen molar-refractivity contribution < 1.29 is 13.2 Å². The standard InChI is InChI=1S/C24H39N5O3S/c1-4-5-17-29-22-11-10-20(33(31,32)27(2)3)19-21(22)26-23(29)12-13-24(30)25-14-18-28-15-8-6-7-9-16-28/h10-11,19H,4-9,12-18H2,1-3H3,(H,25,30). The van der Waals surface area contributed by atoms with Crippen molar-refractivity contribution in [3.63, 3.8) is 0 Å². The highest BCUT2D eigenvalue weighted by Gasteiger charge is 2.20. The van der Waals surface area contributed by atoms with Crippen LogP contribution in [0.2, 0.25) is 0 Å². The normalized spacial score (nSPS) is 15.8. The molecular formula is C24H39N5O3S. The van der Waals surface area contributed by atoms with E-state index in [2.05, 4.69) is 21.7 Å². The lowest BCUT2D eigenvalue weighted by Gasteiger charge is -2.19. The van der Waals surface area contributed by atoms with Gasteiger partial charge in [0.1, 0.15) is 5.82 Å². The fraction of sp³-hybridized carbons (Fsp3) is 0.667. The first kappa shape index (κ1) is 25.6. The van der Waals surface area contributed by atoms with Crippen LogP contribution in [0.3, 0.4) is 0 Å². The number of hydrogen-bond donors (Lipinski definition) is 1. The van der Waals surface area contributed by atoms with Crippen molar-refractivity contribution in [1.82, 2.24) is 24.1 Å². The summed E-state index contributed by atoms with van der Waals surface area (Å²) in [6, 6.07) is 5.11. The quantitative estimate of drug-likeness (QED) is 0.538. The van der Waals surface area contributed by atoms with E-state index in [1.165, 1.54) is 44.1 Å². The number of benzene rings is 1. The van der Waals surface area contributed by atoms with Crippen LogP contribution in [0.25, 0.3) is 11.0 Å². The largest absolute Gasteiger partial charge is 0.355 e. The highest BCUT2D eigenvalue weighted by molar-refractivity contribution is 7.89. The van der Waals surface area contributed by atoms with Gasteiger partial charge in [-0.15, -0.1) is 0 Å². The second-order valence-corrected chi connectivity index (χ2v) is 11.2. The van der Waals surface area contributed by atoms with Crippen LogP contribution >= 0.6 is 0 Å². The van der Waals surface area contributed by atoms with E-state index in [0.717, 1.165) is 50.4 Å². The van der Waals surface area contributed by atoms with Crippen molar-refractivity contribution in [3.05, 3.63) is 24.0 Å². The minimum atomic E-state index is -3.52. The molecular weight excluding hydrogens is 438 g/mol. The van der Waals surface area contributed by atoms with Crippen molar-refractivity contribution in [2.75, 3.05) is 40.3 Å². The number of aryl methyl sites for hydroxylation is 2. The highest BCUT2D eigenvalue weighted by atomic mass is 32.2. The Balaban J connectivity index is 1.65. The summed E-state index contributed by atoms with van der Waals surface area (Å²) in [6.07, 6.45) is 8.07. The Labute approximate surface area is 198 Å². The molecule has 9 heteroatoms. The topological polar surface area (TPSA) is 87.5 Å². The van der Waals surface area contributed by atoms with Gasteiger partial charge in [-0.25, -0.2) is 17.7 Å². The van der Waals surface area contributed by atoms with Crippen molar-refractivity contribution in [1.29, 1.82) is 0 Å². The Hall–Kier alpha value is -1.97. The number of nitrogens with one attached hydrogen (secondary N) is 1. The van der Waals surface area contributed by atoms with Gasteiger partial charge in [-0.05, 0) is 50.6 Å². The van der Waals surface area contributed by atoms with Gasteiger partial charge in [-0.2, -0.15) is 0 Å². The molecule has 0 saturated carbocycles. The number of carbonyl (C=O) groups excluding carboxylic acids is 1. The van der Waals surface area contributed by atoms with E-state index in [1.807, 2.05) is 6.07 Å². The molecule has 1 aliphatic rings. The first-order valence-electron chi connectivity index (χ1n) is 12.2. The monoisotopic (exact) mass is 477 g/mol. The molecule has 184 valence electrons. The van der Waals surface area contributed by atoms with E-state index in [0.29, 0.717) is 24.9 Å². The van der Waals surface area contributed by atoms with Gasteiger partial charge in [0.15, 0.2) is 0 Å². The highest BCUT2D eigenvalue weighted by Crippen LogP contribution is 2.23. The minimum Gasteiger partial charge on any atom is -0.355 e. The average Bonchev–Trinajstić information content (AvgIpc) is 2.93. The average molecular weight is 478 g/mol. The summed E-state index contributed by atoms with van der Waals surface area (Å²) >= 11 is 0. The summed E-state index contributed by atoms with van der Waals surface area (Å²) in [5.41, 5.74) is 1.57. The molecule has 0 atom stereocenters. The summed E-state index contributed by atoms with van der Waals surface area (Å²) in [4.78, 5) is 19.9. The zero-order valence-electron chi connectivity index (χ0n) is 20.3. The molecule has 1 aromatic heterocycles. The maximum absolute atomic E-state index is 12.5. The maximum atomic E-state index is 12.5. The van der Waals surface area contributed by atoms with Crippen LogP contribution < -0.4 is 5.32 Å². The summed E-state index contributed by atoms with van der Waals surface area (Å²) in [5, 5.41) is 3.06. The zero-order chi connectivity index (χ0) is 23.8. The summed E-state index contributed by atoms with van der Waals surface area (Å²) in [5.74, 6) is 0.871. The smallest absolute Gasteiger partial charge is 0.242 e. The predicted molar refractivity (Wildman–Crippen MR) is 132 cm³/mol. The van der Waals surface area contributed by atoms with Gasteiger partial charge in [0.2, 0.25) is 15.9 Å². The minimum absolute atomic E-state index is 0.0368. The van der Waals surface area contributed by atoms with E-state index in [9.17, 15) is 13.2 Å². The van der Waals surface area contributed by atoms with Gasteiger partial charge in [0.05, 0.1) is 15.9 Å². The molecule has 3 rings (SSSR count). The van der Waals surface area contributed by atoms with Crippen LogP contribution in [0.15, 0.2) is 23.1 Å². The Kier molecular flexibility index (Phi) is 9.28. The first-order chi connectivity index (χ1) is 15.8. The number of likely N-dealkylation sites (tertiary alicyclic amines) is 1. The number of rotatable bonds is 11. The molecule has 8 nitrogen and oxygen atoms in total.